The van der Waals surface area contributed by atoms with E-state index in [-0.39, 0.29) is 17.9 Å². The zero-order valence-corrected chi connectivity index (χ0v) is 19.1. The van der Waals surface area contributed by atoms with E-state index >= 15 is 0 Å². The van der Waals surface area contributed by atoms with Gasteiger partial charge in [-0.05, 0) is 44.2 Å². The Balaban J connectivity index is 1.25. The maximum atomic E-state index is 13.1. The molecule has 0 unspecified atom stereocenters. The lowest BCUT2D eigenvalue weighted by atomic mass is 10.0. The van der Waals surface area contributed by atoms with E-state index in [0.717, 1.165) is 62.4 Å². The number of hydrogen-bond acceptors (Lipinski definition) is 6. The number of amides is 2. The number of carbonyl (C=O) groups is 2. The number of anilines is 1. The van der Waals surface area contributed by atoms with Gasteiger partial charge in [0.25, 0.3) is 5.78 Å². The lowest BCUT2D eigenvalue weighted by Crippen LogP contribution is -2.53. The van der Waals surface area contributed by atoms with E-state index in [4.69, 9.17) is 0 Å². The molecule has 3 aromatic heterocycles. The van der Waals surface area contributed by atoms with Gasteiger partial charge in [-0.3, -0.25) is 9.59 Å². The third-order valence-corrected chi connectivity index (χ3v) is 6.72. The molecule has 1 atom stereocenters. The Morgan fingerprint density at radius 3 is 2.79 bits per heavy atom. The molecule has 1 aliphatic heterocycles. The molecule has 4 heterocycles. The first-order chi connectivity index (χ1) is 16.0. The summed E-state index contributed by atoms with van der Waals surface area (Å²) in [6.45, 7) is 3.08. The summed E-state index contributed by atoms with van der Waals surface area (Å²) in [5.41, 5.74) is 3.42. The van der Waals surface area contributed by atoms with Gasteiger partial charge in [-0.2, -0.15) is 14.6 Å². The van der Waals surface area contributed by atoms with Crippen molar-refractivity contribution in [2.45, 2.75) is 57.5 Å². The molecular weight excluding hydrogens is 420 g/mol. The molecule has 0 spiro atoms. The smallest absolute Gasteiger partial charge is 0.254 e. The Morgan fingerprint density at radius 2 is 2.06 bits per heavy atom. The second-order valence-electron chi connectivity index (χ2n) is 9.02. The van der Waals surface area contributed by atoms with Crippen molar-refractivity contribution < 1.29 is 9.59 Å². The van der Waals surface area contributed by atoms with Gasteiger partial charge in [-0.25, -0.2) is 4.98 Å². The predicted octanol–water partition coefficient (Wildman–Crippen LogP) is 0.784. The molecule has 0 radical (unpaired) electrons. The van der Waals surface area contributed by atoms with Crippen molar-refractivity contribution in [2.75, 3.05) is 18.0 Å². The number of piperidine rings is 1. The molecule has 5 rings (SSSR count). The first kappa shape index (κ1) is 21.4. The van der Waals surface area contributed by atoms with E-state index < -0.39 is 6.04 Å². The van der Waals surface area contributed by atoms with Crippen LogP contribution >= 0.6 is 0 Å². The van der Waals surface area contributed by atoms with E-state index in [9.17, 15) is 9.59 Å². The molecule has 1 saturated heterocycles. The van der Waals surface area contributed by atoms with Gasteiger partial charge in [-0.15, -0.1) is 0 Å². The third kappa shape index (κ3) is 4.29. The summed E-state index contributed by atoms with van der Waals surface area (Å²) in [6, 6.07) is 3.39. The van der Waals surface area contributed by atoms with Crippen LogP contribution in [0.25, 0.3) is 5.78 Å². The van der Waals surface area contributed by atoms with E-state index in [1.807, 2.05) is 34.5 Å². The second kappa shape index (κ2) is 8.84. The molecule has 10 heteroatoms. The van der Waals surface area contributed by atoms with Crippen LogP contribution in [0.3, 0.4) is 0 Å². The van der Waals surface area contributed by atoms with E-state index in [0.29, 0.717) is 12.2 Å². The molecule has 0 saturated carbocycles. The molecule has 10 nitrogen and oxygen atoms in total. The van der Waals surface area contributed by atoms with Crippen LogP contribution < -0.4 is 15.5 Å². The van der Waals surface area contributed by atoms with Crippen LogP contribution in [0.15, 0.2) is 24.7 Å². The number of hydrogen-bond donors (Lipinski definition) is 2. The first-order valence-electron chi connectivity index (χ1n) is 11.6. The monoisotopic (exact) mass is 450 g/mol. The van der Waals surface area contributed by atoms with Crippen molar-refractivity contribution in [2.24, 2.45) is 7.05 Å². The Morgan fingerprint density at radius 1 is 1.24 bits per heavy atom. The molecule has 3 aromatic rings. The first-order valence-corrected chi connectivity index (χ1v) is 11.6. The second-order valence-corrected chi connectivity index (χ2v) is 9.02. The standard InChI is InChI=1S/C23H30N8O2/c1-15(32)26-20(13-17-5-4-10-29(17)2)21(33)27-16-8-11-30(12-9-16)22-18-6-3-7-19(18)28-23-24-14-25-31(22)23/h4-5,10,14,16,20H,3,6-9,11-13H2,1-2H3,(H,26,32)(H,27,33)/t20-/m1/s1. The van der Waals surface area contributed by atoms with Crippen LogP contribution in [-0.2, 0) is 35.9 Å². The molecule has 2 aliphatic rings. The number of aromatic nitrogens is 5. The minimum absolute atomic E-state index is 0.0690. The SMILES string of the molecule is CC(=O)N[C@H](Cc1cccn1C)C(=O)NC1CCN(c2c3c(nc4ncnn24)CCC3)CC1. The summed E-state index contributed by atoms with van der Waals surface area (Å²) >= 11 is 0. The van der Waals surface area contributed by atoms with Crippen molar-refractivity contribution in [3.8, 4) is 0 Å². The molecule has 2 amide bonds. The largest absolute Gasteiger partial charge is 0.356 e. The highest BCUT2D eigenvalue weighted by molar-refractivity contribution is 5.87. The van der Waals surface area contributed by atoms with Gasteiger partial charge in [0, 0.05) is 57.0 Å². The van der Waals surface area contributed by atoms with Crippen molar-refractivity contribution >= 4 is 23.4 Å². The number of rotatable bonds is 6. The van der Waals surface area contributed by atoms with E-state index in [2.05, 4.69) is 30.6 Å². The lowest BCUT2D eigenvalue weighted by molar-refractivity contribution is -0.128. The van der Waals surface area contributed by atoms with Gasteiger partial charge in [0.1, 0.15) is 18.2 Å². The lowest BCUT2D eigenvalue weighted by Gasteiger charge is -2.35. The zero-order valence-electron chi connectivity index (χ0n) is 19.1. The van der Waals surface area contributed by atoms with Gasteiger partial charge < -0.3 is 20.1 Å². The number of carbonyl (C=O) groups excluding carboxylic acids is 2. The van der Waals surface area contributed by atoms with Crippen molar-refractivity contribution in [3.05, 3.63) is 41.6 Å². The Bertz CT molecular complexity index is 1170. The average molecular weight is 451 g/mol. The summed E-state index contributed by atoms with van der Waals surface area (Å²) in [7, 11) is 1.94. The van der Waals surface area contributed by atoms with Crippen molar-refractivity contribution in [3.63, 3.8) is 0 Å². The fourth-order valence-corrected chi connectivity index (χ4v) is 5.04. The molecule has 1 aliphatic carbocycles. The Labute approximate surface area is 192 Å². The minimum Gasteiger partial charge on any atom is -0.356 e. The molecule has 0 bridgehead atoms. The predicted molar refractivity (Wildman–Crippen MR) is 123 cm³/mol. The van der Waals surface area contributed by atoms with Gasteiger partial charge in [0.15, 0.2) is 0 Å². The van der Waals surface area contributed by atoms with Gasteiger partial charge in [0.2, 0.25) is 11.8 Å². The summed E-state index contributed by atoms with van der Waals surface area (Å²) in [6.07, 6.45) is 8.73. The van der Waals surface area contributed by atoms with E-state index in [1.165, 1.54) is 12.5 Å². The Hall–Kier alpha value is -3.43. The van der Waals surface area contributed by atoms with Gasteiger partial charge in [-0.1, -0.05) is 0 Å². The summed E-state index contributed by atoms with van der Waals surface area (Å²) in [5.74, 6) is 1.42. The highest BCUT2D eigenvalue weighted by Gasteiger charge is 2.30. The fraction of sp³-hybridized carbons (Fsp3) is 0.522. The highest BCUT2D eigenvalue weighted by Crippen LogP contribution is 2.32. The summed E-state index contributed by atoms with van der Waals surface area (Å²) in [4.78, 5) is 36.1. The number of fused-ring (bicyclic) bond motifs is 2. The highest BCUT2D eigenvalue weighted by atomic mass is 16.2. The van der Waals surface area contributed by atoms with Crippen LogP contribution in [0, 0.1) is 0 Å². The maximum Gasteiger partial charge on any atom is 0.254 e. The molecule has 33 heavy (non-hydrogen) atoms. The van der Waals surface area contributed by atoms with Crippen LogP contribution in [-0.4, -0.2) is 61.1 Å². The molecule has 2 N–H and O–H groups in total. The maximum absolute atomic E-state index is 13.1. The molecule has 174 valence electrons. The molecule has 0 aromatic carbocycles. The van der Waals surface area contributed by atoms with Crippen LogP contribution in [0.5, 0.6) is 0 Å². The van der Waals surface area contributed by atoms with Crippen molar-refractivity contribution in [1.82, 2.24) is 34.8 Å². The van der Waals surface area contributed by atoms with Crippen molar-refractivity contribution in [1.29, 1.82) is 0 Å². The number of nitrogens with one attached hydrogen (secondary N) is 2. The topological polar surface area (TPSA) is 109 Å². The quantitative estimate of drug-likeness (QED) is 0.575. The molecular formula is C23H30N8O2. The summed E-state index contributed by atoms with van der Waals surface area (Å²) < 4.78 is 3.83. The number of aryl methyl sites for hydroxylation is 2. The average Bonchev–Trinajstić information content (AvgIpc) is 3.53. The van der Waals surface area contributed by atoms with Crippen LogP contribution in [0.1, 0.15) is 43.1 Å². The minimum atomic E-state index is -0.590. The number of nitrogens with zero attached hydrogens (tertiary/aromatic N) is 6. The van der Waals surface area contributed by atoms with Crippen LogP contribution in [0.2, 0.25) is 0 Å². The van der Waals surface area contributed by atoms with E-state index in [1.54, 1.807) is 6.33 Å². The fourth-order valence-electron chi connectivity index (χ4n) is 5.04. The normalized spacial score (nSPS) is 17.2. The zero-order chi connectivity index (χ0) is 22.9. The van der Waals surface area contributed by atoms with Gasteiger partial charge in [0.05, 0.1) is 5.69 Å². The van der Waals surface area contributed by atoms with Crippen LogP contribution in [0.4, 0.5) is 5.82 Å². The third-order valence-electron chi connectivity index (χ3n) is 6.72. The molecule has 1 fully saturated rings. The summed E-state index contributed by atoms with van der Waals surface area (Å²) in [5, 5.41) is 10.4. The van der Waals surface area contributed by atoms with Gasteiger partial charge >= 0.3 is 0 Å². The Kier molecular flexibility index (Phi) is 5.74.